The number of thioether (sulfide) groups is 1. The fourth-order valence-corrected chi connectivity index (χ4v) is 3.51. The van der Waals surface area contributed by atoms with Crippen molar-refractivity contribution in [1.82, 2.24) is 0 Å². The fraction of sp³-hybridized carbons (Fsp3) is 0.267. The molecule has 17 heavy (non-hydrogen) atoms. The molecule has 0 fully saturated rings. The van der Waals surface area contributed by atoms with E-state index < -0.39 is 0 Å². The minimum atomic E-state index is 0.161. The van der Waals surface area contributed by atoms with Gasteiger partial charge >= 0.3 is 0 Å². The summed E-state index contributed by atoms with van der Waals surface area (Å²) >= 11 is 7.32. The quantitative estimate of drug-likeness (QED) is 0.658. The summed E-state index contributed by atoms with van der Waals surface area (Å²) in [6, 6.07) is 14.7. The Bertz CT molecular complexity index is 545. The van der Waals surface area contributed by atoms with Crippen LogP contribution < -0.4 is 0 Å². The van der Waals surface area contributed by atoms with Crippen LogP contribution in [0.2, 0.25) is 0 Å². The summed E-state index contributed by atoms with van der Waals surface area (Å²) in [5.74, 6) is 0. The van der Waals surface area contributed by atoms with Crippen LogP contribution >= 0.6 is 24.0 Å². The molecule has 0 saturated carbocycles. The van der Waals surface area contributed by atoms with Crippen LogP contribution in [-0.2, 0) is 0 Å². The lowest BCUT2D eigenvalue weighted by Gasteiger charge is -2.18. The van der Waals surface area contributed by atoms with Crippen LogP contribution in [0.25, 0.3) is 10.8 Å². The van der Waals surface area contributed by atoms with Gasteiger partial charge < -0.3 is 0 Å². The van der Waals surface area contributed by atoms with Gasteiger partial charge in [-0.1, -0.05) is 75.5 Å². The molecule has 0 atom stereocenters. The van der Waals surface area contributed by atoms with Gasteiger partial charge in [0.2, 0.25) is 0 Å². The van der Waals surface area contributed by atoms with Gasteiger partial charge in [-0.05, 0) is 10.8 Å². The third kappa shape index (κ3) is 3.08. The highest BCUT2D eigenvalue weighted by atomic mass is 32.2. The summed E-state index contributed by atoms with van der Waals surface area (Å²) in [6.45, 7) is 6.57. The summed E-state index contributed by atoms with van der Waals surface area (Å²) in [5, 5.41) is 2.50. The van der Waals surface area contributed by atoms with Gasteiger partial charge in [0.25, 0.3) is 0 Å². The van der Waals surface area contributed by atoms with Gasteiger partial charge in [-0.25, -0.2) is 0 Å². The molecule has 0 spiro atoms. The first kappa shape index (κ1) is 12.6. The van der Waals surface area contributed by atoms with Gasteiger partial charge in [-0.15, -0.1) is 11.8 Å². The van der Waals surface area contributed by atoms with E-state index in [9.17, 15) is 0 Å². The van der Waals surface area contributed by atoms with Crippen LogP contribution in [0.4, 0.5) is 0 Å². The maximum Gasteiger partial charge on any atom is 0.0789 e. The van der Waals surface area contributed by atoms with Gasteiger partial charge in [0.05, 0.1) is 4.20 Å². The Labute approximate surface area is 112 Å². The van der Waals surface area contributed by atoms with Crippen molar-refractivity contribution in [2.75, 3.05) is 0 Å². The molecule has 88 valence electrons. The van der Waals surface area contributed by atoms with Crippen LogP contribution in [-0.4, -0.2) is 8.94 Å². The SMILES string of the molecule is CC(C)(C)SC(=S)c1cccc2ccccc12. The fourth-order valence-electron chi connectivity index (χ4n) is 1.74. The van der Waals surface area contributed by atoms with E-state index in [1.165, 1.54) is 16.3 Å². The zero-order chi connectivity index (χ0) is 12.5. The van der Waals surface area contributed by atoms with Crippen molar-refractivity contribution in [3.05, 3.63) is 48.0 Å². The molecule has 0 bridgehead atoms. The van der Waals surface area contributed by atoms with Crippen LogP contribution in [0.1, 0.15) is 26.3 Å². The van der Waals surface area contributed by atoms with E-state index in [2.05, 4.69) is 63.2 Å². The Morgan fingerprint density at radius 1 is 1.00 bits per heavy atom. The third-order valence-electron chi connectivity index (χ3n) is 2.41. The first-order valence-electron chi connectivity index (χ1n) is 5.68. The highest BCUT2D eigenvalue weighted by molar-refractivity contribution is 8.24. The van der Waals surface area contributed by atoms with E-state index in [1.54, 1.807) is 11.8 Å². The average Bonchev–Trinajstić information content (AvgIpc) is 2.26. The smallest absolute Gasteiger partial charge is 0.0789 e. The minimum Gasteiger partial charge on any atom is -0.108 e. The molecule has 0 aliphatic heterocycles. The van der Waals surface area contributed by atoms with Gasteiger partial charge in [0.1, 0.15) is 0 Å². The Hall–Kier alpha value is -0.860. The molecule has 2 aromatic carbocycles. The van der Waals surface area contributed by atoms with Crippen molar-refractivity contribution >= 4 is 38.9 Å². The molecular formula is C15H16S2. The van der Waals surface area contributed by atoms with Gasteiger partial charge in [-0.2, -0.15) is 0 Å². The molecule has 0 aromatic heterocycles. The molecule has 0 unspecified atom stereocenters. The number of hydrogen-bond acceptors (Lipinski definition) is 2. The second kappa shape index (κ2) is 4.79. The van der Waals surface area contributed by atoms with E-state index in [0.717, 1.165) is 4.20 Å². The Kier molecular flexibility index (Phi) is 3.55. The summed E-state index contributed by atoms with van der Waals surface area (Å²) in [4.78, 5) is 0. The molecular weight excluding hydrogens is 244 g/mol. The lowest BCUT2D eigenvalue weighted by atomic mass is 10.1. The van der Waals surface area contributed by atoms with E-state index in [4.69, 9.17) is 12.2 Å². The molecule has 2 heteroatoms. The standard InChI is InChI=1S/C15H16S2/c1-15(2,3)17-14(16)13-10-6-8-11-7-4-5-9-12(11)13/h4-10H,1-3H3. The number of thiocarbonyl (C=S) groups is 1. The number of hydrogen-bond donors (Lipinski definition) is 0. The molecule has 0 aliphatic carbocycles. The van der Waals surface area contributed by atoms with Crippen molar-refractivity contribution in [3.8, 4) is 0 Å². The summed E-state index contributed by atoms with van der Waals surface area (Å²) < 4.78 is 1.14. The molecule has 0 N–H and O–H groups in total. The van der Waals surface area contributed by atoms with Crippen LogP contribution in [0.3, 0.4) is 0 Å². The summed E-state index contributed by atoms with van der Waals surface area (Å²) in [6.07, 6.45) is 0. The molecule has 2 rings (SSSR count). The number of benzene rings is 2. The highest BCUT2D eigenvalue weighted by Gasteiger charge is 2.16. The minimum absolute atomic E-state index is 0.161. The Morgan fingerprint density at radius 2 is 1.65 bits per heavy atom. The van der Waals surface area contributed by atoms with Crippen LogP contribution in [0.15, 0.2) is 42.5 Å². The molecule has 0 amide bonds. The maximum absolute atomic E-state index is 5.56. The zero-order valence-electron chi connectivity index (χ0n) is 10.4. The molecule has 0 radical (unpaired) electrons. The predicted molar refractivity (Wildman–Crippen MR) is 83.0 cm³/mol. The largest absolute Gasteiger partial charge is 0.108 e. The second-order valence-electron chi connectivity index (χ2n) is 5.03. The van der Waals surface area contributed by atoms with Gasteiger partial charge in [0.15, 0.2) is 0 Å². The van der Waals surface area contributed by atoms with Crippen molar-refractivity contribution in [2.24, 2.45) is 0 Å². The predicted octanol–water partition coefficient (Wildman–Crippen LogP) is 5.05. The second-order valence-corrected chi connectivity index (χ2v) is 7.53. The molecule has 0 saturated heterocycles. The molecule has 0 aliphatic rings. The topological polar surface area (TPSA) is 0 Å². The summed E-state index contributed by atoms with van der Waals surface area (Å²) in [5.41, 5.74) is 1.18. The lowest BCUT2D eigenvalue weighted by Crippen LogP contribution is -2.11. The van der Waals surface area contributed by atoms with Crippen LogP contribution in [0, 0.1) is 0 Å². The van der Waals surface area contributed by atoms with Gasteiger partial charge in [0, 0.05) is 10.3 Å². The lowest BCUT2D eigenvalue weighted by molar-refractivity contribution is 0.809. The number of fused-ring (bicyclic) bond motifs is 1. The summed E-state index contributed by atoms with van der Waals surface area (Å²) in [7, 11) is 0. The van der Waals surface area contributed by atoms with E-state index in [-0.39, 0.29) is 4.75 Å². The number of rotatable bonds is 1. The monoisotopic (exact) mass is 260 g/mol. The van der Waals surface area contributed by atoms with Crippen molar-refractivity contribution < 1.29 is 0 Å². The molecule has 0 nitrogen and oxygen atoms in total. The van der Waals surface area contributed by atoms with Crippen molar-refractivity contribution in [2.45, 2.75) is 25.5 Å². The van der Waals surface area contributed by atoms with Gasteiger partial charge in [-0.3, -0.25) is 0 Å². The van der Waals surface area contributed by atoms with E-state index >= 15 is 0 Å². The highest BCUT2D eigenvalue weighted by Crippen LogP contribution is 2.31. The third-order valence-corrected chi connectivity index (χ3v) is 3.90. The Morgan fingerprint density at radius 3 is 2.35 bits per heavy atom. The Balaban J connectivity index is 2.45. The average molecular weight is 260 g/mol. The van der Waals surface area contributed by atoms with E-state index in [0.29, 0.717) is 0 Å². The van der Waals surface area contributed by atoms with E-state index in [1.807, 2.05) is 0 Å². The molecule has 0 heterocycles. The normalized spacial score (nSPS) is 11.7. The maximum atomic E-state index is 5.56. The first-order chi connectivity index (χ1) is 7.97. The zero-order valence-corrected chi connectivity index (χ0v) is 12.0. The van der Waals surface area contributed by atoms with Crippen LogP contribution in [0.5, 0.6) is 0 Å². The van der Waals surface area contributed by atoms with Crippen molar-refractivity contribution in [1.29, 1.82) is 0 Å². The molecule has 2 aromatic rings. The first-order valence-corrected chi connectivity index (χ1v) is 6.91. The van der Waals surface area contributed by atoms with Crippen molar-refractivity contribution in [3.63, 3.8) is 0 Å².